The number of carbonyl (C=O) groups excluding carboxylic acids is 1. The number of aliphatic hydroxyl groups is 1. The van der Waals surface area contributed by atoms with E-state index in [1.807, 2.05) is 0 Å². The Bertz CT molecular complexity index is 555. The maximum Gasteiger partial charge on any atom is 0.238 e. The molecule has 0 atom stereocenters. The number of primary sulfonamides is 1. The highest BCUT2D eigenvalue weighted by atomic mass is 32.2. The average Bonchev–Trinajstić information content (AvgIpc) is 2.31. The number of rotatable bonds is 6. The molecule has 4 N–H and O–H groups in total. The van der Waals surface area contributed by atoms with Gasteiger partial charge in [0, 0.05) is 18.7 Å². The predicted octanol–water partition coefficient (Wildman–Crippen LogP) is 0.744. The average molecular weight is 286 g/mol. The third-order valence-corrected chi connectivity index (χ3v) is 3.53. The second-order valence-electron chi connectivity index (χ2n) is 4.25. The number of sulfonamides is 1. The zero-order chi connectivity index (χ0) is 14.5. The number of unbranched alkanes of at least 4 members (excludes halogenated alkanes) is 1. The highest BCUT2D eigenvalue weighted by molar-refractivity contribution is 7.89. The van der Waals surface area contributed by atoms with Gasteiger partial charge in [0.2, 0.25) is 15.9 Å². The van der Waals surface area contributed by atoms with Crippen LogP contribution < -0.4 is 10.5 Å². The van der Waals surface area contributed by atoms with Crippen molar-refractivity contribution in [1.82, 2.24) is 0 Å². The molecule has 1 rings (SSSR count). The fraction of sp³-hybridized carbons (Fsp3) is 0.417. The van der Waals surface area contributed by atoms with Crippen molar-refractivity contribution in [1.29, 1.82) is 0 Å². The number of amides is 1. The molecule has 106 valence electrons. The van der Waals surface area contributed by atoms with Crippen LogP contribution in [0.1, 0.15) is 24.8 Å². The zero-order valence-corrected chi connectivity index (χ0v) is 11.5. The molecule has 7 heteroatoms. The largest absolute Gasteiger partial charge is 0.396 e. The Labute approximate surface area is 112 Å². The maximum absolute atomic E-state index is 11.6. The molecule has 1 amide bonds. The Morgan fingerprint density at radius 2 is 2.05 bits per heavy atom. The number of aryl methyl sites for hydroxylation is 1. The van der Waals surface area contributed by atoms with Crippen LogP contribution in [-0.2, 0) is 14.8 Å². The van der Waals surface area contributed by atoms with Crippen LogP contribution in [-0.4, -0.2) is 26.0 Å². The smallest absolute Gasteiger partial charge is 0.238 e. The Balaban J connectivity index is 2.80. The highest BCUT2D eigenvalue weighted by Crippen LogP contribution is 2.19. The quantitative estimate of drug-likeness (QED) is 0.670. The minimum Gasteiger partial charge on any atom is -0.396 e. The van der Waals surface area contributed by atoms with Crippen molar-refractivity contribution in [2.75, 3.05) is 11.9 Å². The van der Waals surface area contributed by atoms with E-state index in [4.69, 9.17) is 10.2 Å². The SMILES string of the molecule is Cc1ccc(S(N)(=O)=O)cc1NC(=O)CCCCO. The molecular weight excluding hydrogens is 268 g/mol. The molecule has 6 nitrogen and oxygen atoms in total. The first-order valence-electron chi connectivity index (χ1n) is 5.89. The molecule has 0 bridgehead atoms. The Morgan fingerprint density at radius 1 is 1.37 bits per heavy atom. The molecule has 0 spiro atoms. The van der Waals surface area contributed by atoms with Crippen LogP contribution in [0, 0.1) is 6.92 Å². The summed E-state index contributed by atoms with van der Waals surface area (Å²) >= 11 is 0. The molecule has 0 unspecified atom stereocenters. The molecular formula is C12H18N2O4S. The summed E-state index contributed by atoms with van der Waals surface area (Å²) < 4.78 is 22.5. The van der Waals surface area contributed by atoms with Gasteiger partial charge in [-0.15, -0.1) is 0 Å². The summed E-state index contributed by atoms with van der Waals surface area (Å²) in [6.07, 6.45) is 1.42. The first kappa shape index (κ1) is 15.6. The molecule has 0 aromatic heterocycles. The van der Waals surface area contributed by atoms with E-state index >= 15 is 0 Å². The van der Waals surface area contributed by atoms with E-state index in [1.165, 1.54) is 12.1 Å². The summed E-state index contributed by atoms with van der Waals surface area (Å²) in [5, 5.41) is 16.3. The molecule has 0 aliphatic carbocycles. The molecule has 0 saturated carbocycles. The van der Waals surface area contributed by atoms with Gasteiger partial charge in [-0.2, -0.15) is 0 Å². The number of anilines is 1. The fourth-order valence-corrected chi connectivity index (χ4v) is 2.06. The van der Waals surface area contributed by atoms with E-state index in [9.17, 15) is 13.2 Å². The summed E-state index contributed by atoms with van der Waals surface area (Å²) in [5.41, 5.74) is 1.18. The minimum absolute atomic E-state index is 0.0382. The van der Waals surface area contributed by atoms with Gasteiger partial charge in [0.1, 0.15) is 0 Å². The number of aliphatic hydroxyl groups excluding tert-OH is 1. The van der Waals surface area contributed by atoms with Crippen molar-refractivity contribution < 1.29 is 18.3 Å². The van der Waals surface area contributed by atoms with Crippen molar-refractivity contribution in [2.45, 2.75) is 31.1 Å². The maximum atomic E-state index is 11.6. The van der Waals surface area contributed by atoms with E-state index in [1.54, 1.807) is 13.0 Å². The lowest BCUT2D eigenvalue weighted by molar-refractivity contribution is -0.116. The molecule has 1 aromatic rings. The van der Waals surface area contributed by atoms with Crippen LogP contribution in [0.5, 0.6) is 0 Å². The van der Waals surface area contributed by atoms with Gasteiger partial charge in [-0.05, 0) is 37.5 Å². The summed E-state index contributed by atoms with van der Waals surface area (Å²) in [6, 6.07) is 4.32. The Hall–Kier alpha value is -1.44. The zero-order valence-electron chi connectivity index (χ0n) is 10.7. The van der Waals surface area contributed by atoms with Crippen molar-refractivity contribution in [3.8, 4) is 0 Å². The lowest BCUT2D eigenvalue weighted by Crippen LogP contribution is -2.15. The van der Waals surface area contributed by atoms with Crippen LogP contribution in [0.2, 0.25) is 0 Å². The number of nitrogens with two attached hydrogens (primary N) is 1. The van der Waals surface area contributed by atoms with E-state index < -0.39 is 10.0 Å². The fourth-order valence-electron chi connectivity index (χ4n) is 1.52. The van der Waals surface area contributed by atoms with E-state index in [0.29, 0.717) is 18.5 Å². The molecule has 0 fully saturated rings. The summed E-state index contributed by atoms with van der Waals surface area (Å²) in [7, 11) is -3.78. The van der Waals surface area contributed by atoms with Crippen LogP contribution in [0.3, 0.4) is 0 Å². The van der Waals surface area contributed by atoms with Crippen LogP contribution in [0.4, 0.5) is 5.69 Å². The van der Waals surface area contributed by atoms with Crippen molar-refractivity contribution in [2.24, 2.45) is 5.14 Å². The van der Waals surface area contributed by atoms with Gasteiger partial charge in [0.15, 0.2) is 0 Å². The summed E-state index contributed by atoms with van der Waals surface area (Å²) in [4.78, 5) is 11.6. The topological polar surface area (TPSA) is 109 Å². The number of benzene rings is 1. The van der Waals surface area contributed by atoms with Gasteiger partial charge in [0.05, 0.1) is 4.90 Å². The van der Waals surface area contributed by atoms with Crippen molar-refractivity contribution in [3.63, 3.8) is 0 Å². The molecule has 0 saturated heterocycles. The van der Waals surface area contributed by atoms with Crippen LogP contribution >= 0.6 is 0 Å². The van der Waals surface area contributed by atoms with Gasteiger partial charge in [-0.1, -0.05) is 6.07 Å². The standard InChI is InChI=1S/C12H18N2O4S/c1-9-5-6-10(19(13,17)18)8-11(9)14-12(16)4-2-3-7-15/h5-6,8,15H,2-4,7H2,1H3,(H,14,16)(H2,13,17,18). The van der Waals surface area contributed by atoms with Crippen molar-refractivity contribution >= 4 is 21.6 Å². The van der Waals surface area contributed by atoms with Gasteiger partial charge in [0.25, 0.3) is 0 Å². The van der Waals surface area contributed by atoms with Crippen LogP contribution in [0.15, 0.2) is 23.1 Å². The monoisotopic (exact) mass is 286 g/mol. The van der Waals surface area contributed by atoms with Gasteiger partial charge in [-0.25, -0.2) is 13.6 Å². The molecule has 0 aliphatic heterocycles. The van der Waals surface area contributed by atoms with Crippen LogP contribution in [0.25, 0.3) is 0 Å². The molecule has 0 radical (unpaired) electrons. The third-order valence-electron chi connectivity index (χ3n) is 2.62. The van der Waals surface area contributed by atoms with E-state index in [-0.39, 0.29) is 23.8 Å². The number of nitrogens with one attached hydrogen (secondary N) is 1. The molecule has 0 heterocycles. The summed E-state index contributed by atoms with van der Waals surface area (Å²) in [5.74, 6) is -0.219. The second kappa shape index (κ2) is 6.65. The summed E-state index contributed by atoms with van der Waals surface area (Å²) in [6.45, 7) is 1.81. The number of hydrogen-bond donors (Lipinski definition) is 3. The Kier molecular flexibility index (Phi) is 5.46. The van der Waals surface area contributed by atoms with Gasteiger partial charge >= 0.3 is 0 Å². The lowest BCUT2D eigenvalue weighted by Gasteiger charge is -2.09. The Morgan fingerprint density at radius 3 is 2.63 bits per heavy atom. The number of hydrogen-bond acceptors (Lipinski definition) is 4. The second-order valence-corrected chi connectivity index (χ2v) is 5.81. The van der Waals surface area contributed by atoms with E-state index in [0.717, 1.165) is 5.56 Å². The minimum atomic E-state index is -3.78. The third kappa shape index (κ3) is 4.98. The van der Waals surface area contributed by atoms with Crippen molar-refractivity contribution in [3.05, 3.63) is 23.8 Å². The first-order chi connectivity index (χ1) is 8.84. The highest BCUT2D eigenvalue weighted by Gasteiger charge is 2.11. The van der Waals surface area contributed by atoms with E-state index in [2.05, 4.69) is 5.32 Å². The van der Waals surface area contributed by atoms with Gasteiger partial charge in [-0.3, -0.25) is 4.79 Å². The predicted molar refractivity (Wildman–Crippen MR) is 72.1 cm³/mol. The van der Waals surface area contributed by atoms with Gasteiger partial charge < -0.3 is 10.4 Å². The number of carbonyl (C=O) groups is 1. The lowest BCUT2D eigenvalue weighted by atomic mass is 10.2. The molecule has 1 aromatic carbocycles. The molecule has 19 heavy (non-hydrogen) atoms. The molecule has 0 aliphatic rings. The first-order valence-corrected chi connectivity index (χ1v) is 7.43. The normalized spacial score (nSPS) is 11.3.